The van der Waals surface area contributed by atoms with E-state index in [2.05, 4.69) is 11.1 Å². The van der Waals surface area contributed by atoms with Crippen molar-refractivity contribution in [2.24, 2.45) is 10.9 Å². The summed E-state index contributed by atoms with van der Waals surface area (Å²) in [5.74, 6) is 0.140. The Balaban J connectivity index is 1.92. The molecule has 2 aromatic rings. The molecular formula is C17H13NO2S. The number of benzene rings is 2. The molecule has 4 rings (SSSR count). The van der Waals surface area contributed by atoms with Gasteiger partial charge in [0.2, 0.25) is 0 Å². The quantitative estimate of drug-likeness (QED) is 0.541. The first-order valence-corrected chi connectivity index (χ1v) is 7.73. The molecule has 104 valence electrons. The van der Waals surface area contributed by atoms with Crippen LogP contribution in [0.25, 0.3) is 0 Å². The van der Waals surface area contributed by atoms with Gasteiger partial charge in [-0.2, -0.15) is 0 Å². The molecule has 2 heterocycles. The first-order chi connectivity index (χ1) is 10.2. The van der Waals surface area contributed by atoms with E-state index in [0.717, 1.165) is 21.9 Å². The lowest BCUT2D eigenvalue weighted by Crippen LogP contribution is -2.34. The highest BCUT2D eigenvalue weighted by atomic mass is 32.2. The minimum absolute atomic E-state index is 0.0230. The van der Waals surface area contributed by atoms with E-state index in [1.165, 1.54) is 0 Å². The van der Waals surface area contributed by atoms with Gasteiger partial charge in [-0.1, -0.05) is 30.3 Å². The van der Waals surface area contributed by atoms with Crippen molar-refractivity contribution in [3.8, 4) is 5.75 Å². The second kappa shape index (κ2) is 4.74. The summed E-state index contributed by atoms with van der Waals surface area (Å²) in [5.41, 5.74) is 2.81. The van der Waals surface area contributed by atoms with Gasteiger partial charge in [0, 0.05) is 16.2 Å². The van der Waals surface area contributed by atoms with Gasteiger partial charge in [0.25, 0.3) is 0 Å². The van der Waals surface area contributed by atoms with Gasteiger partial charge in [0.15, 0.2) is 0 Å². The molecule has 4 heteroatoms. The summed E-state index contributed by atoms with van der Waals surface area (Å²) in [6, 6.07) is 15.8. The van der Waals surface area contributed by atoms with E-state index in [4.69, 9.17) is 4.74 Å². The molecule has 0 aromatic heterocycles. The van der Waals surface area contributed by atoms with E-state index in [1.807, 2.05) is 49.4 Å². The Morgan fingerprint density at radius 1 is 1.10 bits per heavy atom. The number of hydrogen-bond donors (Lipinski definition) is 0. The van der Waals surface area contributed by atoms with Gasteiger partial charge < -0.3 is 4.74 Å². The van der Waals surface area contributed by atoms with E-state index in [-0.39, 0.29) is 17.1 Å². The van der Waals surface area contributed by atoms with Crippen molar-refractivity contribution in [1.29, 1.82) is 0 Å². The summed E-state index contributed by atoms with van der Waals surface area (Å²) >= 11 is 1.70. The normalized spacial score (nSPS) is 23.1. The van der Waals surface area contributed by atoms with Crippen LogP contribution in [-0.4, -0.2) is 11.7 Å². The summed E-state index contributed by atoms with van der Waals surface area (Å²) in [4.78, 5) is 18.1. The van der Waals surface area contributed by atoms with Crippen molar-refractivity contribution >= 4 is 29.1 Å². The molecule has 0 radical (unpaired) electrons. The molecule has 0 bridgehead atoms. The number of para-hydroxylation sites is 2. The molecule has 21 heavy (non-hydrogen) atoms. The lowest BCUT2D eigenvalue weighted by Gasteiger charge is -2.30. The van der Waals surface area contributed by atoms with E-state index >= 15 is 0 Å². The van der Waals surface area contributed by atoms with Crippen LogP contribution in [0.4, 0.5) is 5.69 Å². The molecule has 0 saturated heterocycles. The van der Waals surface area contributed by atoms with Crippen LogP contribution in [0.15, 0.2) is 58.4 Å². The van der Waals surface area contributed by atoms with Crippen LogP contribution in [0, 0.1) is 5.92 Å². The Morgan fingerprint density at radius 2 is 1.86 bits per heavy atom. The number of hydrogen-bond acceptors (Lipinski definition) is 4. The number of carbonyl (C=O) groups is 1. The van der Waals surface area contributed by atoms with Gasteiger partial charge in [0.1, 0.15) is 11.7 Å². The second-order valence-corrected chi connectivity index (χ2v) is 6.38. The Hall–Kier alpha value is -2.07. The van der Waals surface area contributed by atoms with Gasteiger partial charge in [-0.3, -0.25) is 9.79 Å². The molecule has 2 atom stereocenters. The van der Waals surface area contributed by atoms with Crippen LogP contribution in [0.2, 0.25) is 0 Å². The topological polar surface area (TPSA) is 38.7 Å². The number of thioether (sulfide) groups is 1. The number of nitrogens with zero attached hydrogens (tertiary/aromatic N) is 1. The average molecular weight is 295 g/mol. The SMILES string of the molecule is CC1=Nc2ccccc2S[C@@H]2c3ccccc3OC(=O)[C@@H]12. The maximum atomic E-state index is 12.4. The number of aliphatic imine (C=N–C) groups is 1. The molecule has 2 aliphatic rings. The van der Waals surface area contributed by atoms with E-state index in [1.54, 1.807) is 11.8 Å². The number of rotatable bonds is 0. The summed E-state index contributed by atoms with van der Waals surface area (Å²) in [6.07, 6.45) is 0. The van der Waals surface area contributed by atoms with Crippen LogP contribution >= 0.6 is 11.8 Å². The fourth-order valence-corrected chi connectivity index (χ4v) is 4.28. The first kappa shape index (κ1) is 12.7. The Bertz CT molecular complexity index is 769. The lowest BCUT2D eigenvalue weighted by molar-refractivity contribution is -0.137. The van der Waals surface area contributed by atoms with Crippen molar-refractivity contribution < 1.29 is 9.53 Å². The van der Waals surface area contributed by atoms with Crippen molar-refractivity contribution in [2.75, 3.05) is 0 Å². The highest BCUT2D eigenvalue weighted by Crippen LogP contribution is 2.51. The zero-order valence-electron chi connectivity index (χ0n) is 11.4. The highest BCUT2D eigenvalue weighted by molar-refractivity contribution is 7.99. The standard InChI is InChI=1S/C17H13NO2S/c1-10-15-16(21-14-9-5-3-7-12(14)18-10)11-6-2-4-8-13(11)20-17(15)19/h2-9,15-16H,1H3/t15-,16+/m0/s1. The van der Waals surface area contributed by atoms with Crippen molar-refractivity contribution in [1.82, 2.24) is 0 Å². The maximum absolute atomic E-state index is 12.4. The number of carbonyl (C=O) groups excluding carboxylic acids is 1. The third-order valence-electron chi connectivity index (χ3n) is 3.86. The zero-order chi connectivity index (χ0) is 14.4. The molecule has 0 fully saturated rings. The molecule has 0 spiro atoms. The first-order valence-electron chi connectivity index (χ1n) is 6.85. The highest BCUT2D eigenvalue weighted by Gasteiger charge is 2.41. The molecule has 3 nitrogen and oxygen atoms in total. The summed E-state index contributed by atoms with van der Waals surface area (Å²) in [7, 11) is 0. The Morgan fingerprint density at radius 3 is 2.76 bits per heavy atom. The lowest BCUT2D eigenvalue weighted by atomic mass is 9.92. The maximum Gasteiger partial charge on any atom is 0.321 e. The van der Waals surface area contributed by atoms with Crippen LogP contribution in [0.5, 0.6) is 5.75 Å². The van der Waals surface area contributed by atoms with Gasteiger partial charge in [-0.25, -0.2) is 0 Å². The Kier molecular flexibility index (Phi) is 2.86. The largest absolute Gasteiger partial charge is 0.426 e. The molecular weight excluding hydrogens is 282 g/mol. The summed E-state index contributed by atoms with van der Waals surface area (Å²) < 4.78 is 5.49. The fraction of sp³-hybridized carbons (Fsp3) is 0.176. The van der Waals surface area contributed by atoms with E-state index < -0.39 is 0 Å². The van der Waals surface area contributed by atoms with Crippen LogP contribution < -0.4 is 4.74 Å². The van der Waals surface area contributed by atoms with Gasteiger partial charge in [0.05, 0.1) is 10.9 Å². The molecule has 0 amide bonds. The van der Waals surface area contributed by atoms with Gasteiger partial charge in [-0.05, 0) is 25.1 Å². The predicted octanol–water partition coefficient (Wildman–Crippen LogP) is 4.16. The molecule has 0 aliphatic carbocycles. The minimum atomic E-state index is -0.322. The van der Waals surface area contributed by atoms with Crippen LogP contribution in [-0.2, 0) is 4.79 Å². The minimum Gasteiger partial charge on any atom is -0.426 e. The Labute approximate surface area is 127 Å². The number of ether oxygens (including phenoxy) is 1. The smallest absolute Gasteiger partial charge is 0.321 e. The van der Waals surface area contributed by atoms with Crippen LogP contribution in [0.1, 0.15) is 17.7 Å². The molecule has 0 unspecified atom stereocenters. The van der Waals surface area contributed by atoms with Crippen molar-refractivity contribution in [3.63, 3.8) is 0 Å². The fourth-order valence-electron chi connectivity index (χ4n) is 2.85. The molecule has 2 aromatic carbocycles. The van der Waals surface area contributed by atoms with E-state index in [0.29, 0.717) is 5.75 Å². The van der Waals surface area contributed by atoms with Gasteiger partial charge >= 0.3 is 5.97 Å². The third-order valence-corrected chi connectivity index (χ3v) is 5.24. The second-order valence-electron chi connectivity index (χ2n) is 5.20. The van der Waals surface area contributed by atoms with Crippen LogP contribution in [0.3, 0.4) is 0 Å². The average Bonchev–Trinajstić information content (AvgIpc) is 2.63. The van der Waals surface area contributed by atoms with Gasteiger partial charge in [-0.15, -0.1) is 11.8 Å². The van der Waals surface area contributed by atoms with Crippen molar-refractivity contribution in [2.45, 2.75) is 17.1 Å². The third kappa shape index (κ3) is 1.98. The molecule has 0 saturated carbocycles. The molecule has 0 N–H and O–H groups in total. The number of esters is 1. The predicted molar refractivity (Wildman–Crippen MR) is 83.4 cm³/mol. The monoisotopic (exact) mass is 295 g/mol. The number of fused-ring (bicyclic) bond motifs is 4. The zero-order valence-corrected chi connectivity index (χ0v) is 12.3. The summed E-state index contributed by atoms with van der Waals surface area (Å²) in [6.45, 7) is 1.91. The molecule has 2 aliphatic heterocycles. The van der Waals surface area contributed by atoms with Crippen molar-refractivity contribution in [3.05, 3.63) is 54.1 Å². The van der Waals surface area contributed by atoms with E-state index in [9.17, 15) is 4.79 Å². The summed E-state index contributed by atoms with van der Waals surface area (Å²) in [5, 5.41) is 0.0230.